The van der Waals surface area contributed by atoms with Crippen molar-refractivity contribution in [3.63, 3.8) is 0 Å². The Morgan fingerprint density at radius 3 is 2.21 bits per heavy atom. The van der Waals surface area contributed by atoms with Crippen molar-refractivity contribution in [2.75, 3.05) is 6.54 Å². The van der Waals surface area contributed by atoms with Crippen LogP contribution in [0.15, 0.2) is 0 Å². The Kier molecular flexibility index (Phi) is 3.13. The van der Waals surface area contributed by atoms with E-state index in [0.717, 1.165) is 6.54 Å². The first-order valence-corrected chi connectivity index (χ1v) is 6.12. The number of rotatable bonds is 3. The molecule has 82 valence electrons. The van der Waals surface area contributed by atoms with Crippen LogP contribution in [-0.4, -0.2) is 34.7 Å². The zero-order valence-electron chi connectivity index (χ0n) is 9.45. The minimum absolute atomic E-state index is 0.0574. The Morgan fingerprint density at radius 1 is 1.14 bits per heavy atom. The Hall–Kier alpha value is -0.0800. The average molecular weight is 197 g/mol. The van der Waals surface area contributed by atoms with Gasteiger partial charge in [0.15, 0.2) is 0 Å². The van der Waals surface area contributed by atoms with E-state index in [2.05, 4.69) is 18.7 Å². The van der Waals surface area contributed by atoms with Crippen molar-refractivity contribution >= 4 is 0 Å². The van der Waals surface area contributed by atoms with Gasteiger partial charge in [-0.05, 0) is 45.4 Å². The number of aliphatic hydroxyl groups is 1. The van der Waals surface area contributed by atoms with Crippen LogP contribution in [0.5, 0.6) is 0 Å². The molecule has 2 heteroatoms. The van der Waals surface area contributed by atoms with Gasteiger partial charge in [0.1, 0.15) is 0 Å². The van der Waals surface area contributed by atoms with Gasteiger partial charge in [0.2, 0.25) is 0 Å². The zero-order chi connectivity index (χ0) is 10.1. The third-order valence-corrected chi connectivity index (χ3v) is 3.94. The SMILES string of the molecule is C[C@@H]1CCC[C@H](C)N1CC(O)C1CC1. The highest BCUT2D eigenvalue weighted by atomic mass is 16.3. The summed E-state index contributed by atoms with van der Waals surface area (Å²) >= 11 is 0. The number of aliphatic hydroxyl groups excluding tert-OH is 1. The fourth-order valence-electron chi connectivity index (χ4n) is 2.68. The molecule has 1 aliphatic carbocycles. The normalized spacial score (nSPS) is 37.1. The number of hydrogen-bond acceptors (Lipinski definition) is 2. The molecule has 2 fully saturated rings. The molecule has 0 amide bonds. The van der Waals surface area contributed by atoms with Gasteiger partial charge in [-0.15, -0.1) is 0 Å². The van der Waals surface area contributed by atoms with Gasteiger partial charge in [0.25, 0.3) is 0 Å². The molecule has 2 nitrogen and oxygen atoms in total. The third kappa shape index (κ3) is 2.29. The summed E-state index contributed by atoms with van der Waals surface area (Å²) in [6.45, 7) is 5.51. The average Bonchev–Trinajstić information content (AvgIpc) is 2.94. The second-order valence-corrected chi connectivity index (χ2v) is 5.23. The Balaban J connectivity index is 1.86. The van der Waals surface area contributed by atoms with Gasteiger partial charge in [-0.25, -0.2) is 0 Å². The van der Waals surface area contributed by atoms with Crippen molar-refractivity contribution in [2.24, 2.45) is 5.92 Å². The van der Waals surface area contributed by atoms with Gasteiger partial charge in [0.05, 0.1) is 6.10 Å². The molecule has 3 atom stereocenters. The number of nitrogens with zero attached hydrogens (tertiary/aromatic N) is 1. The topological polar surface area (TPSA) is 23.5 Å². The molecule has 1 saturated carbocycles. The number of piperidine rings is 1. The molecular weight excluding hydrogens is 174 g/mol. The largest absolute Gasteiger partial charge is 0.392 e. The lowest BCUT2D eigenvalue weighted by Crippen LogP contribution is -2.47. The number of β-amino-alcohol motifs (C(OH)–C–C–N with tert-alkyl or cyclic N) is 1. The van der Waals surface area contributed by atoms with E-state index in [4.69, 9.17) is 0 Å². The Bertz CT molecular complexity index is 181. The van der Waals surface area contributed by atoms with Crippen LogP contribution in [0.25, 0.3) is 0 Å². The first kappa shape index (κ1) is 10.4. The van der Waals surface area contributed by atoms with E-state index in [1.165, 1.54) is 32.1 Å². The molecule has 1 unspecified atom stereocenters. The fourth-order valence-corrected chi connectivity index (χ4v) is 2.68. The van der Waals surface area contributed by atoms with E-state index in [1.807, 2.05) is 0 Å². The lowest BCUT2D eigenvalue weighted by molar-refractivity contribution is 0.0327. The summed E-state index contributed by atoms with van der Waals surface area (Å²) in [5.74, 6) is 0.622. The molecule has 1 N–H and O–H groups in total. The molecule has 0 radical (unpaired) electrons. The van der Waals surface area contributed by atoms with Crippen LogP contribution >= 0.6 is 0 Å². The van der Waals surface area contributed by atoms with Crippen LogP contribution in [0, 0.1) is 5.92 Å². The van der Waals surface area contributed by atoms with Crippen molar-refractivity contribution < 1.29 is 5.11 Å². The van der Waals surface area contributed by atoms with Crippen molar-refractivity contribution in [3.05, 3.63) is 0 Å². The first-order valence-electron chi connectivity index (χ1n) is 6.12. The second-order valence-electron chi connectivity index (χ2n) is 5.23. The minimum atomic E-state index is -0.0574. The van der Waals surface area contributed by atoms with Crippen molar-refractivity contribution in [1.29, 1.82) is 0 Å². The van der Waals surface area contributed by atoms with Crippen molar-refractivity contribution in [3.8, 4) is 0 Å². The van der Waals surface area contributed by atoms with E-state index in [9.17, 15) is 5.11 Å². The molecule has 0 aromatic rings. The highest BCUT2D eigenvalue weighted by Crippen LogP contribution is 2.34. The monoisotopic (exact) mass is 197 g/mol. The number of likely N-dealkylation sites (tertiary alicyclic amines) is 1. The Labute approximate surface area is 87.3 Å². The third-order valence-electron chi connectivity index (χ3n) is 3.94. The fraction of sp³-hybridized carbons (Fsp3) is 1.00. The number of hydrogen-bond donors (Lipinski definition) is 1. The molecule has 1 heterocycles. The standard InChI is InChI=1S/C12H23NO/c1-9-4-3-5-10(2)13(9)8-12(14)11-6-7-11/h9-12,14H,3-8H2,1-2H3/t9-,10+,12?. The highest BCUT2D eigenvalue weighted by molar-refractivity contribution is 4.87. The lowest BCUT2D eigenvalue weighted by Gasteiger charge is -2.40. The zero-order valence-corrected chi connectivity index (χ0v) is 9.45. The summed E-state index contributed by atoms with van der Waals surface area (Å²) in [6, 6.07) is 1.35. The van der Waals surface area contributed by atoms with Crippen LogP contribution < -0.4 is 0 Å². The van der Waals surface area contributed by atoms with Crippen molar-refractivity contribution in [2.45, 2.75) is 64.1 Å². The molecule has 0 aromatic carbocycles. The van der Waals surface area contributed by atoms with Crippen molar-refractivity contribution in [1.82, 2.24) is 4.90 Å². The molecule has 1 aliphatic heterocycles. The maximum absolute atomic E-state index is 9.94. The first-order chi connectivity index (χ1) is 6.68. The van der Waals surface area contributed by atoms with Gasteiger partial charge < -0.3 is 5.11 Å². The van der Waals surface area contributed by atoms with Gasteiger partial charge in [-0.3, -0.25) is 4.90 Å². The molecule has 0 spiro atoms. The molecule has 14 heavy (non-hydrogen) atoms. The van der Waals surface area contributed by atoms with E-state index in [0.29, 0.717) is 18.0 Å². The minimum Gasteiger partial charge on any atom is -0.392 e. The molecular formula is C12H23NO. The smallest absolute Gasteiger partial charge is 0.0695 e. The summed E-state index contributed by atoms with van der Waals surface area (Å²) in [5, 5.41) is 9.94. The summed E-state index contributed by atoms with van der Waals surface area (Å²) in [5.41, 5.74) is 0. The molecule has 1 saturated heterocycles. The maximum atomic E-state index is 9.94. The van der Waals surface area contributed by atoms with Crippen LogP contribution in [0.2, 0.25) is 0 Å². The Morgan fingerprint density at radius 2 is 1.71 bits per heavy atom. The summed E-state index contributed by atoms with van der Waals surface area (Å²) in [7, 11) is 0. The molecule has 2 aliphatic rings. The van der Waals surface area contributed by atoms with Crippen LogP contribution in [0.3, 0.4) is 0 Å². The second kappa shape index (κ2) is 4.19. The predicted octanol–water partition coefficient (Wildman–Crippen LogP) is 2.02. The lowest BCUT2D eigenvalue weighted by atomic mass is 9.96. The van der Waals surface area contributed by atoms with Gasteiger partial charge in [-0.2, -0.15) is 0 Å². The van der Waals surface area contributed by atoms with Gasteiger partial charge >= 0.3 is 0 Å². The molecule has 0 bridgehead atoms. The summed E-state index contributed by atoms with van der Waals surface area (Å²) < 4.78 is 0. The summed E-state index contributed by atoms with van der Waals surface area (Å²) in [6.07, 6.45) is 6.41. The van der Waals surface area contributed by atoms with Gasteiger partial charge in [-0.1, -0.05) is 6.42 Å². The predicted molar refractivity (Wildman–Crippen MR) is 58.2 cm³/mol. The van der Waals surface area contributed by atoms with E-state index in [1.54, 1.807) is 0 Å². The highest BCUT2D eigenvalue weighted by Gasteiger charge is 2.34. The van der Waals surface area contributed by atoms with E-state index >= 15 is 0 Å². The van der Waals surface area contributed by atoms with E-state index < -0.39 is 0 Å². The maximum Gasteiger partial charge on any atom is 0.0695 e. The quantitative estimate of drug-likeness (QED) is 0.748. The molecule has 0 aromatic heterocycles. The van der Waals surface area contributed by atoms with Gasteiger partial charge in [0, 0.05) is 18.6 Å². The molecule has 2 rings (SSSR count). The summed E-state index contributed by atoms with van der Waals surface area (Å²) in [4.78, 5) is 2.51. The van der Waals surface area contributed by atoms with Crippen LogP contribution in [0.1, 0.15) is 46.0 Å². The van der Waals surface area contributed by atoms with Crippen LogP contribution in [0.4, 0.5) is 0 Å². The van der Waals surface area contributed by atoms with E-state index in [-0.39, 0.29) is 6.10 Å². The van der Waals surface area contributed by atoms with Crippen LogP contribution in [-0.2, 0) is 0 Å².